The maximum Gasteiger partial charge on any atom is 0.262 e. The molecule has 2 amide bonds. The Bertz CT molecular complexity index is 1000. The molecular weight excluding hydrogens is 415 g/mol. The highest BCUT2D eigenvalue weighted by Gasteiger charge is 2.11. The molecule has 29 heavy (non-hydrogen) atoms. The van der Waals surface area contributed by atoms with Gasteiger partial charge in [-0.05, 0) is 48.5 Å². The van der Waals surface area contributed by atoms with E-state index in [0.717, 1.165) is 0 Å². The van der Waals surface area contributed by atoms with Crippen molar-refractivity contribution in [3.8, 4) is 11.5 Å². The molecule has 0 bridgehead atoms. The van der Waals surface area contributed by atoms with Crippen molar-refractivity contribution in [2.45, 2.75) is 0 Å². The van der Waals surface area contributed by atoms with Crippen LogP contribution >= 0.6 is 23.2 Å². The number of carbonyl (C=O) groups is 2. The fourth-order valence-electron chi connectivity index (χ4n) is 2.41. The highest BCUT2D eigenvalue weighted by atomic mass is 35.5. The minimum Gasteiger partial charge on any atom is -0.505 e. The normalized spacial score (nSPS) is 10.3. The number of hydrogen-bond donors (Lipinski definition) is 3. The first-order valence-corrected chi connectivity index (χ1v) is 9.25. The monoisotopic (exact) mass is 430 g/mol. The zero-order valence-electron chi connectivity index (χ0n) is 15.0. The molecule has 6 nitrogen and oxygen atoms in total. The third-order valence-corrected chi connectivity index (χ3v) is 4.39. The van der Waals surface area contributed by atoms with E-state index in [2.05, 4.69) is 10.6 Å². The van der Waals surface area contributed by atoms with Crippen LogP contribution in [-0.4, -0.2) is 23.5 Å². The standard InChI is InChI=1S/C21H16Cl2N2O4/c22-17-10-15(11-18(23)20(17)27)25-21(28)13-6-8-14(9-7-13)24-19(26)12-29-16-4-2-1-3-5-16/h1-11,27H,12H2,(H,24,26)(H,25,28). The fourth-order valence-corrected chi connectivity index (χ4v) is 2.90. The van der Waals surface area contributed by atoms with Crippen molar-refractivity contribution in [2.24, 2.45) is 0 Å². The summed E-state index contributed by atoms with van der Waals surface area (Å²) in [6, 6.07) is 18.1. The molecule has 0 aliphatic heterocycles. The van der Waals surface area contributed by atoms with Crippen molar-refractivity contribution < 1.29 is 19.4 Å². The minimum absolute atomic E-state index is 0.0311. The van der Waals surface area contributed by atoms with Crippen LogP contribution in [0.4, 0.5) is 11.4 Å². The summed E-state index contributed by atoms with van der Waals surface area (Å²) in [6.45, 7) is -0.130. The lowest BCUT2D eigenvalue weighted by molar-refractivity contribution is -0.118. The van der Waals surface area contributed by atoms with Gasteiger partial charge in [-0.2, -0.15) is 0 Å². The van der Waals surface area contributed by atoms with Crippen LogP contribution in [0.25, 0.3) is 0 Å². The number of hydrogen-bond acceptors (Lipinski definition) is 4. The SMILES string of the molecule is O=C(COc1ccccc1)Nc1ccc(C(=O)Nc2cc(Cl)c(O)c(Cl)c2)cc1. The van der Waals surface area contributed by atoms with Gasteiger partial charge in [0, 0.05) is 16.9 Å². The molecule has 0 spiro atoms. The number of aromatic hydroxyl groups is 1. The van der Waals surface area contributed by atoms with Crippen LogP contribution in [-0.2, 0) is 4.79 Å². The van der Waals surface area contributed by atoms with Crippen molar-refractivity contribution >= 4 is 46.4 Å². The molecule has 0 heterocycles. The predicted octanol–water partition coefficient (Wildman–Crippen LogP) is 4.97. The molecule has 0 unspecified atom stereocenters. The number of halogens is 2. The Hall–Kier alpha value is -3.22. The lowest BCUT2D eigenvalue weighted by Gasteiger charge is -2.10. The fraction of sp³-hybridized carbons (Fsp3) is 0.0476. The summed E-state index contributed by atoms with van der Waals surface area (Å²) < 4.78 is 5.38. The number of benzene rings is 3. The van der Waals surface area contributed by atoms with E-state index in [9.17, 15) is 14.7 Å². The Morgan fingerprint density at radius 2 is 1.48 bits per heavy atom. The quantitative estimate of drug-likeness (QED) is 0.481. The number of para-hydroxylation sites is 1. The maximum atomic E-state index is 12.3. The number of amides is 2. The zero-order chi connectivity index (χ0) is 20.8. The van der Waals surface area contributed by atoms with E-state index in [1.54, 1.807) is 36.4 Å². The lowest BCUT2D eigenvalue weighted by atomic mass is 10.2. The second kappa shape index (κ2) is 9.32. The van der Waals surface area contributed by atoms with E-state index in [0.29, 0.717) is 22.7 Å². The van der Waals surface area contributed by atoms with E-state index in [1.165, 1.54) is 12.1 Å². The van der Waals surface area contributed by atoms with Gasteiger partial charge in [0.05, 0.1) is 10.0 Å². The zero-order valence-corrected chi connectivity index (χ0v) is 16.5. The number of phenolic OH excluding ortho intramolecular Hbond substituents is 1. The number of rotatable bonds is 6. The molecule has 3 aromatic carbocycles. The van der Waals surface area contributed by atoms with Gasteiger partial charge in [0.25, 0.3) is 11.8 Å². The highest BCUT2D eigenvalue weighted by Crippen LogP contribution is 2.34. The van der Waals surface area contributed by atoms with Crippen molar-refractivity contribution in [1.29, 1.82) is 0 Å². The summed E-state index contributed by atoms with van der Waals surface area (Å²) in [5.41, 5.74) is 1.24. The van der Waals surface area contributed by atoms with Gasteiger partial charge in [-0.1, -0.05) is 41.4 Å². The molecule has 8 heteroatoms. The number of ether oxygens (including phenoxy) is 1. The van der Waals surface area contributed by atoms with Crippen LogP contribution < -0.4 is 15.4 Å². The first kappa shape index (κ1) is 20.5. The first-order chi connectivity index (χ1) is 13.9. The van der Waals surface area contributed by atoms with E-state index in [-0.39, 0.29) is 28.3 Å². The molecule has 0 aromatic heterocycles. The Kier molecular flexibility index (Phi) is 6.59. The molecule has 3 N–H and O–H groups in total. The summed E-state index contributed by atoms with van der Waals surface area (Å²) in [4.78, 5) is 24.3. The molecular formula is C21H16Cl2N2O4. The smallest absolute Gasteiger partial charge is 0.262 e. The average Bonchev–Trinajstić information content (AvgIpc) is 2.71. The van der Waals surface area contributed by atoms with Crippen LogP contribution in [0.15, 0.2) is 66.7 Å². The van der Waals surface area contributed by atoms with Crippen LogP contribution in [0.2, 0.25) is 10.0 Å². The van der Waals surface area contributed by atoms with E-state index >= 15 is 0 Å². The summed E-state index contributed by atoms with van der Waals surface area (Å²) in [7, 11) is 0. The Morgan fingerprint density at radius 1 is 0.862 bits per heavy atom. The molecule has 0 radical (unpaired) electrons. The maximum absolute atomic E-state index is 12.3. The van der Waals surface area contributed by atoms with Crippen LogP contribution in [0.5, 0.6) is 11.5 Å². The summed E-state index contributed by atoms with van der Waals surface area (Å²) in [5, 5.41) is 15.0. The third kappa shape index (κ3) is 5.63. The minimum atomic E-state index is -0.395. The van der Waals surface area contributed by atoms with Gasteiger partial charge in [0.2, 0.25) is 0 Å². The summed E-state index contributed by atoms with van der Waals surface area (Å²) >= 11 is 11.7. The predicted molar refractivity (Wildman–Crippen MR) is 113 cm³/mol. The molecule has 3 aromatic rings. The van der Waals surface area contributed by atoms with Gasteiger partial charge in [-0.25, -0.2) is 0 Å². The Balaban J connectivity index is 1.56. The number of anilines is 2. The van der Waals surface area contributed by atoms with E-state index in [1.807, 2.05) is 18.2 Å². The van der Waals surface area contributed by atoms with Crippen molar-refractivity contribution in [3.63, 3.8) is 0 Å². The van der Waals surface area contributed by atoms with Crippen molar-refractivity contribution in [2.75, 3.05) is 17.2 Å². The van der Waals surface area contributed by atoms with Crippen molar-refractivity contribution in [1.82, 2.24) is 0 Å². The van der Waals surface area contributed by atoms with E-state index in [4.69, 9.17) is 27.9 Å². The van der Waals surface area contributed by atoms with Gasteiger partial charge in [-0.15, -0.1) is 0 Å². The molecule has 0 aliphatic carbocycles. The van der Waals surface area contributed by atoms with Gasteiger partial charge in [0.15, 0.2) is 12.4 Å². The second-order valence-electron chi connectivity index (χ2n) is 5.97. The van der Waals surface area contributed by atoms with Gasteiger partial charge < -0.3 is 20.5 Å². The van der Waals surface area contributed by atoms with Crippen LogP contribution in [0, 0.1) is 0 Å². The highest BCUT2D eigenvalue weighted by molar-refractivity contribution is 6.37. The summed E-state index contributed by atoms with van der Waals surface area (Å²) in [6.07, 6.45) is 0. The summed E-state index contributed by atoms with van der Waals surface area (Å²) in [5.74, 6) is -0.362. The largest absolute Gasteiger partial charge is 0.505 e. The van der Waals surface area contributed by atoms with Crippen molar-refractivity contribution in [3.05, 3.63) is 82.3 Å². The Labute approximate surface area is 177 Å². The molecule has 0 atom stereocenters. The molecule has 0 saturated heterocycles. The van der Waals surface area contributed by atoms with Crippen LogP contribution in [0.1, 0.15) is 10.4 Å². The van der Waals surface area contributed by atoms with E-state index < -0.39 is 5.91 Å². The topological polar surface area (TPSA) is 87.7 Å². The molecule has 0 saturated carbocycles. The first-order valence-electron chi connectivity index (χ1n) is 8.49. The number of carbonyl (C=O) groups excluding carboxylic acids is 2. The molecule has 0 aliphatic rings. The number of phenols is 1. The molecule has 148 valence electrons. The average molecular weight is 431 g/mol. The Morgan fingerprint density at radius 3 is 2.10 bits per heavy atom. The number of nitrogens with one attached hydrogen (secondary N) is 2. The van der Waals surface area contributed by atoms with Gasteiger partial charge >= 0.3 is 0 Å². The van der Waals surface area contributed by atoms with Gasteiger partial charge in [0.1, 0.15) is 5.75 Å². The lowest BCUT2D eigenvalue weighted by Crippen LogP contribution is -2.20. The molecule has 3 rings (SSSR count). The molecule has 0 fully saturated rings. The third-order valence-electron chi connectivity index (χ3n) is 3.82. The van der Waals surface area contributed by atoms with Crippen LogP contribution in [0.3, 0.4) is 0 Å². The van der Waals surface area contributed by atoms with Gasteiger partial charge in [-0.3, -0.25) is 9.59 Å². The second-order valence-corrected chi connectivity index (χ2v) is 6.78.